The number of nitrogens with zero attached hydrogens (tertiary/aromatic N) is 5. The molecule has 0 saturated carbocycles. The Morgan fingerprint density at radius 1 is 1.16 bits per heavy atom. The molecule has 2 aliphatic heterocycles. The fourth-order valence-electron chi connectivity index (χ4n) is 4.34. The van der Waals surface area contributed by atoms with Gasteiger partial charge in [-0.05, 0) is 30.7 Å². The molecule has 2 aromatic carbocycles. The first-order valence-corrected chi connectivity index (χ1v) is 12.2. The molecule has 1 fully saturated rings. The Kier molecular flexibility index (Phi) is 7.47. The summed E-state index contributed by atoms with van der Waals surface area (Å²) < 4.78 is 19.8. The summed E-state index contributed by atoms with van der Waals surface area (Å²) in [5, 5.41) is 10.5. The monoisotopic (exact) mass is 507 g/mol. The van der Waals surface area contributed by atoms with Crippen molar-refractivity contribution < 1.29 is 13.9 Å². The van der Waals surface area contributed by atoms with Gasteiger partial charge in [0.2, 0.25) is 5.91 Å². The highest BCUT2D eigenvalue weighted by molar-refractivity contribution is 5.90. The van der Waals surface area contributed by atoms with Crippen LogP contribution in [0, 0.1) is 5.82 Å². The van der Waals surface area contributed by atoms with Crippen molar-refractivity contribution >= 4 is 28.3 Å². The van der Waals surface area contributed by atoms with Crippen molar-refractivity contribution in [1.29, 1.82) is 0 Å². The van der Waals surface area contributed by atoms with Crippen molar-refractivity contribution in [3.63, 3.8) is 0 Å². The van der Waals surface area contributed by atoms with Gasteiger partial charge in [0.1, 0.15) is 36.1 Å². The predicted octanol–water partition coefficient (Wildman–Crippen LogP) is 1.38. The predicted molar refractivity (Wildman–Crippen MR) is 139 cm³/mol. The lowest BCUT2D eigenvalue weighted by Gasteiger charge is -2.29. The standard InChI is InChI=1S/C25H30FN9O2/c26-18-3-1-4-19(13-18)35-32-24(16-34(35)15-23(27)36)31-25-21-6-5-20(14-22(21)29-17-30-25)37-12-2-9-33-10-7-28-8-11-33/h1,3-6,13-14,16-17,28,32H,2,7-12,15H2,(H2,27,36)(H,29,30,31). The first kappa shape index (κ1) is 24.5. The molecule has 2 aliphatic rings. The number of ether oxygens (including phenoxy) is 1. The van der Waals surface area contributed by atoms with Crippen LogP contribution in [0.15, 0.2) is 60.8 Å². The first-order valence-electron chi connectivity index (χ1n) is 12.2. The fraction of sp³-hybridized carbons (Fsp3) is 0.320. The van der Waals surface area contributed by atoms with Crippen LogP contribution in [0.25, 0.3) is 10.9 Å². The van der Waals surface area contributed by atoms with E-state index in [0.29, 0.717) is 23.9 Å². The summed E-state index contributed by atoms with van der Waals surface area (Å²) >= 11 is 0. The van der Waals surface area contributed by atoms with Crippen LogP contribution in [0.5, 0.6) is 5.75 Å². The molecule has 194 valence electrons. The molecular weight excluding hydrogens is 477 g/mol. The second-order valence-electron chi connectivity index (χ2n) is 8.83. The highest BCUT2D eigenvalue weighted by atomic mass is 19.1. The number of aromatic nitrogens is 2. The van der Waals surface area contributed by atoms with Crippen molar-refractivity contribution in [2.45, 2.75) is 6.42 Å². The zero-order valence-electron chi connectivity index (χ0n) is 20.4. The van der Waals surface area contributed by atoms with Crippen LogP contribution >= 0.6 is 0 Å². The fourth-order valence-corrected chi connectivity index (χ4v) is 4.34. The number of primary amides is 1. The molecule has 5 N–H and O–H groups in total. The Bertz CT molecular complexity index is 1280. The van der Waals surface area contributed by atoms with Gasteiger partial charge in [-0.2, -0.15) is 5.12 Å². The van der Waals surface area contributed by atoms with Crippen molar-refractivity contribution in [1.82, 2.24) is 30.6 Å². The van der Waals surface area contributed by atoms with E-state index in [4.69, 9.17) is 10.5 Å². The number of hydrazine groups is 2. The molecule has 12 heteroatoms. The van der Waals surface area contributed by atoms with E-state index in [9.17, 15) is 9.18 Å². The number of anilines is 2. The van der Waals surface area contributed by atoms with E-state index in [0.717, 1.165) is 55.8 Å². The molecule has 1 saturated heterocycles. The molecule has 0 radical (unpaired) electrons. The van der Waals surface area contributed by atoms with Crippen LogP contribution in [-0.2, 0) is 4.79 Å². The third-order valence-electron chi connectivity index (χ3n) is 6.09. The highest BCUT2D eigenvalue weighted by Crippen LogP contribution is 2.26. The number of carbonyl (C=O) groups is 1. The van der Waals surface area contributed by atoms with Crippen LogP contribution in [0.3, 0.4) is 0 Å². The Morgan fingerprint density at radius 2 is 2.03 bits per heavy atom. The summed E-state index contributed by atoms with van der Waals surface area (Å²) in [5.41, 5.74) is 9.76. The van der Waals surface area contributed by atoms with E-state index in [1.807, 2.05) is 18.2 Å². The van der Waals surface area contributed by atoms with Gasteiger partial charge in [-0.15, -0.1) is 0 Å². The Hall–Kier alpha value is -4.16. The number of halogens is 1. The van der Waals surface area contributed by atoms with E-state index in [1.54, 1.807) is 23.3 Å². The number of hydrogen-bond acceptors (Lipinski definition) is 10. The Morgan fingerprint density at radius 3 is 2.84 bits per heavy atom. The normalized spacial score (nSPS) is 16.0. The van der Waals surface area contributed by atoms with Crippen LogP contribution in [0.4, 0.5) is 15.9 Å². The number of nitrogens with one attached hydrogen (secondary N) is 3. The lowest BCUT2D eigenvalue weighted by molar-refractivity contribution is -0.118. The molecule has 11 nitrogen and oxygen atoms in total. The molecule has 3 aromatic rings. The van der Waals surface area contributed by atoms with Crippen molar-refractivity contribution in [3.05, 3.63) is 66.6 Å². The van der Waals surface area contributed by atoms with Crippen LogP contribution in [-0.4, -0.2) is 71.7 Å². The molecule has 0 bridgehead atoms. The number of benzene rings is 2. The largest absolute Gasteiger partial charge is 0.493 e. The topological polar surface area (TPSA) is 124 Å². The average Bonchev–Trinajstić information content (AvgIpc) is 3.28. The molecule has 0 aliphatic carbocycles. The highest BCUT2D eigenvalue weighted by Gasteiger charge is 2.24. The number of nitrogens with two attached hydrogens (primary N) is 1. The van der Waals surface area contributed by atoms with Gasteiger partial charge in [0.05, 0.1) is 24.0 Å². The lowest BCUT2D eigenvalue weighted by atomic mass is 10.2. The second-order valence-corrected chi connectivity index (χ2v) is 8.83. The Balaban J connectivity index is 1.25. The van der Waals surface area contributed by atoms with E-state index in [1.165, 1.54) is 23.6 Å². The zero-order chi connectivity index (χ0) is 25.6. The maximum atomic E-state index is 13.8. The van der Waals surface area contributed by atoms with Crippen molar-refractivity contribution in [3.8, 4) is 5.75 Å². The molecule has 3 heterocycles. The van der Waals surface area contributed by atoms with E-state index >= 15 is 0 Å². The van der Waals surface area contributed by atoms with Crippen LogP contribution in [0.1, 0.15) is 6.42 Å². The number of fused-ring (bicyclic) bond motifs is 1. The number of rotatable bonds is 10. The molecule has 0 atom stereocenters. The molecule has 5 rings (SSSR count). The van der Waals surface area contributed by atoms with Crippen LogP contribution in [0.2, 0.25) is 0 Å². The molecule has 1 amide bonds. The van der Waals surface area contributed by atoms with Gasteiger partial charge < -0.3 is 26.0 Å². The third kappa shape index (κ3) is 6.16. The number of amides is 1. The first-order chi connectivity index (χ1) is 18.0. The average molecular weight is 508 g/mol. The summed E-state index contributed by atoms with van der Waals surface area (Å²) in [5.74, 6) is 0.908. The molecular formula is C25H30FN9O2. The maximum absolute atomic E-state index is 13.8. The summed E-state index contributed by atoms with van der Waals surface area (Å²) in [6.07, 6.45) is 4.09. The number of piperazine rings is 1. The van der Waals surface area contributed by atoms with Gasteiger partial charge in [-0.3, -0.25) is 15.2 Å². The molecule has 1 aromatic heterocycles. The summed E-state index contributed by atoms with van der Waals surface area (Å²) in [6, 6.07) is 11.7. The minimum atomic E-state index is -0.534. The summed E-state index contributed by atoms with van der Waals surface area (Å²) in [6.45, 7) is 5.79. The summed E-state index contributed by atoms with van der Waals surface area (Å²) in [7, 11) is 0. The van der Waals surface area contributed by atoms with Gasteiger partial charge in [-0.1, -0.05) is 6.07 Å². The van der Waals surface area contributed by atoms with Gasteiger partial charge in [0.25, 0.3) is 0 Å². The van der Waals surface area contributed by atoms with Gasteiger partial charge >= 0.3 is 0 Å². The molecule has 0 spiro atoms. The Labute approximate surface area is 214 Å². The number of carbonyl (C=O) groups excluding carboxylic acids is 1. The van der Waals surface area contributed by atoms with Gasteiger partial charge in [-0.25, -0.2) is 14.4 Å². The minimum absolute atomic E-state index is 0.103. The van der Waals surface area contributed by atoms with Crippen molar-refractivity contribution in [2.24, 2.45) is 5.73 Å². The molecule has 0 unspecified atom stereocenters. The van der Waals surface area contributed by atoms with E-state index in [2.05, 4.69) is 30.9 Å². The quantitative estimate of drug-likeness (QED) is 0.299. The zero-order valence-corrected chi connectivity index (χ0v) is 20.4. The number of hydrogen-bond donors (Lipinski definition) is 4. The summed E-state index contributed by atoms with van der Waals surface area (Å²) in [4.78, 5) is 22.8. The third-order valence-corrected chi connectivity index (χ3v) is 6.09. The smallest absolute Gasteiger partial charge is 0.239 e. The minimum Gasteiger partial charge on any atom is -0.493 e. The van der Waals surface area contributed by atoms with E-state index < -0.39 is 11.7 Å². The second kappa shape index (κ2) is 11.3. The van der Waals surface area contributed by atoms with Gasteiger partial charge in [0, 0.05) is 50.2 Å². The SMILES string of the molecule is NC(=O)CN1C=C(Nc2ncnc3cc(OCCCN4CCNCC4)ccc23)NN1c1cccc(F)c1. The van der Waals surface area contributed by atoms with E-state index in [-0.39, 0.29) is 6.54 Å². The van der Waals surface area contributed by atoms with Crippen LogP contribution < -0.4 is 31.6 Å². The van der Waals surface area contributed by atoms with Crippen molar-refractivity contribution in [2.75, 3.05) is 56.3 Å². The van der Waals surface area contributed by atoms with Gasteiger partial charge in [0.15, 0.2) is 0 Å². The molecule has 37 heavy (non-hydrogen) atoms. The lowest BCUT2D eigenvalue weighted by Crippen LogP contribution is -2.46. The maximum Gasteiger partial charge on any atom is 0.239 e.